The number of hydrogen-bond acceptors (Lipinski definition) is 4. The highest BCUT2D eigenvalue weighted by Gasteiger charge is 2.38. The number of benzene rings is 1. The van der Waals surface area contributed by atoms with Crippen molar-refractivity contribution in [2.24, 2.45) is 0 Å². The standard InChI is InChI=1S/C15H13F3N2O3S/c1-2-10-3-6-14(23-15(16,17)18)13(7-10)11-8-19-20(9-11)24(21,22)12-4-5-12/h2-3,6-9,12H,1,4-5H2. The van der Waals surface area contributed by atoms with Gasteiger partial charge in [-0.1, -0.05) is 18.7 Å². The Bertz CT molecular complexity index is 884. The van der Waals surface area contributed by atoms with Gasteiger partial charge in [-0.05, 0) is 30.5 Å². The molecule has 5 nitrogen and oxygen atoms in total. The van der Waals surface area contributed by atoms with E-state index in [0.717, 1.165) is 10.2 Å². The lowest BCUT2D eigenvalue weighted by molar-refractivity contribution is -0.274. The van der Waals surface area contributed by atoms with Gasteiger partial charge >= 0.3 is 6.36 Å². The Hall–Kier alpha value is -2.29. The Morgan fingerprint density at radius 2 is 2.04 bits per heavy atom. The van der Waals surface area contributed by atoms with Crippen LogP contribution < -0.4 is 4.74 Å². The highest BCUT2D eigenvalue weighted by atomic mass is 32.2. The third-order valence-corrected chi connectivity index (χ3v) is 5.58. The van der Waals surface area contributed by atoms with Crippen LogP contribution >= 0.6 is 0 Å². The fourth-order valence-corrected chi connectivity index (χ4v) is 3.69. The number of halogens is 3. The molecule has 0 saturated heterocycles. The van der Waals surface area contributed by atoms with Crippen LogP contribution in [0.3, 0.4) is 0 Å². The SMILES string of the molecule is C=Cc1ccc(OC(F)(F)F)c(-c2cnn(S(=O)(=O)C3CC3)c2)c1. The predicted molar refractivity (Wildman–Crippen MR) is 81.8 cm³/mol. The van der Waals surface area contributed by atoms with Crippen molar-refractivity contribution in [1.29, 1.82) is 0 Å². The molecule has 0 bridgehead atoms. The second-order valence-electron chi connectivity index (χ2n) is 5.35. The number of hydrogen-bond donors (Lipinski definition) is 0. The summed E-state index contributed by atoms with van der Waals surface area (Å²) >= 11 is 0. The molecule has 0 radical (unpaired) electrons. The molecule has 1 heterocycles. The van der Waals surface area contributed by atoms with Gasteiger partial charge in [0.15, 0.2) is 0 Å². The highest BCUT2D eigenvalue weighted by Crippen LogP contribution is 2.36. The quantitative estimate of drug-likeness (QED) is 0.822. The summed E-state index contributed by atoms with van der Waals surface area (Å²) in [5.41, 5.74) is 0.862. The van der Waals surface area contributed by atoms with Gasteiger partial charge in [0.2, 0.25) is 0 Å². The summed E-state index contributed by atoms with van der Waals surface area (Å²) in [6.07, 6.45) is 0.120. The molecule has 0 unspecified atom stereocenters. The van der Waals surface area contributed by atoms with Crippen molar-refractivity contribution in [1.82, 2.24) is 9.19 Å². The normalized spacial score (nSPS) is 15.3. The molecule has 1 fully saturated rings. The Labute approximate surface area is 136 Å². The molecule has 0 aliphatic heterocycles. The maximum absolute atomic E-state index is 12.6. The summed E-state index contributed by atoms with van der Waals surface area (Å²) in [5.74, 6) is -0.434. The first kappa shape index (κ1) is 16.6. The van der Waals surface area contributed by atoms with E-state index in [9.17, 15) is 21.6 Å². The zero-order valence-electron chi connectivity index (χ0n) is 12.3. The summed E-state index contributed by atoms with van der Waals surface area (Å²) in [7, 11) is -3.59. The molecule has 1 aromatic carbocycles. The van der Waals surface area contributed by atoms with Crippen molar-refractivity contribution in [3.8, 4) is 16.9 Å². The lowest BCUT2D eigenvalue weighted by atomic mass is 10.0. The van der Waals surface area contributed by atoms with Crippen LogP contribution in [0, 0.1) is 0 Å². The second kappa shape index (κ2) is 5.66. The molecule has 1 saturated carbocycles. The molecular formula is C15H13F3N2O3S. The molecule has 9 heteroatoms. The Balaban J connectivity index is 2.04. The fourth-order valence-electron chi connectivity index (χ4n) is 2.22. The van der Waals surface area contributed by atoms with E-state index in [1.807, 2.05) is 0 Å². The monoisotopic (exact) mass is 358 g/mol. The molecule has 1 aliphatic rings. The summed E-state index contributed by atoms with van der Waals surface area (Å²) < 4.78 is 66.8. The van der Waals surface area contributed by atoms with E-state index in [-0.39, 0.29) is 11.1 Å². The van der Waals surface area contributed by atoms with Crippen LogP contribution in [0.25, 0.3) is 17.2 Å². The van der Waals surface area contributed by atoms with E-state index in [1.54, 1.807) is 0 Å². The van der Waals surface area contributed by atoms with Gasteiger partial charge in [0.25, 0.3) is 10.0 Å². The van der Waals surface area contributed by atoms with Crippen molar-refractivity contribution < 1.29 is 26.3 Å². The molecule has 24 heavy (non-hydrogen) atoms. The van der Waals surface area contributed by atoms with Crippen molar-refractivity contribution in [2.75, 3.05) is 0 Å². The molecular weight excluding hydrogens is 345 g/mol. The predicted octanol–water partition coefficient (Wildman–Crippen LogP) is 3.43. The maximum atomic E-state index is 12.6. The van der Waals surface area contributed by atoms with E-state index in [0.29, 0.717) is 18.4 Å². The van der Waals surface area contributed by atoms with Gasteiger partial charge in [0, 0.05) is 11.1 Å². The minimum Gasteiger partial charge on any atom is -0.405 e. The average molecular weight is 358 g/mol. The Morgan fingerprint density at radius 3 is 2.62 bits per heavy atom. The van der Waals surface area contributed by atoms with E-state index in [2.05, 4.69) is 16.4 Å². The fraction of sp³-hybridized carbons (Fsp3) is 0.267. The number of nitrogens with zero attached hydrogens (tertiary/aromatic N) is 2. The summed E-state index contributed by atoms with van der Waals surface area (Å²) in [6.45, 7) is 3.57. The molecule has 1 aliphatic carbocycles. The average Bonchev–Trinajstić information content (AvgIpc) is 3.24. The number of rotatable bonds is 5. The lowest BCUT2D eigenvalue weighted by Gasteiger charge is -2.13. The summed E-state index contributed by atoms with van der Waals surface area (Å²) in [6, 6.07) is 4.01. The van der Waals surface area contributed by atoms with Gasteiger partial charge in [-0.15, -0.1) is 13.2 Å². The topological polar surface area (TPSA) is 61.2 Å². The molecule has 2 aromatic rings. The summed E-state index contributed by atoms with van der Waals surface area (Å²) in [5, 5.41) is 3.31. The van der Waals surface area contributed by atoms with Crippen LogP contribution in [0.1, 0.15) is 18.4 Å². The molecule has 3 rings (SSSR count). The number of aromatic nitrogens is 2. The zero-order chi connectivity index (χ0) is 17.5. The van der Waals surface area contributed by atoms with E-state index in [4.69, 9.17) is 0 Å². The van der Waals surface area contributed by atoms with Gasteiger partial charge in [0.05, 0.1) is 17.6 Å². The minimum absolute atomic E-state index is 0.0852. The molecule has 0 amide bonds. The maximum Gasteiger partial charge on any atom is 0.573 e. The van der Waals surface area contributed by atoms with Crippen LogP contribution in [0.2, 0.25) is 0 Å². The first-order valence-electron chi connectivity index (χ1n) is 7.02. The van der Waals surface area contributed by atoms with Gasteiger partial charge in [0.1, 0.15) is 5.75 Å². The molecule has 0 atom stereocenters. The number of alkyl halides is 3. The second-order valence-corrected chi connectivity index (χ2v) is 7.42. The first-order valence-corrected chi connectivity index (χ1v) is 8.53. The van der Waals surface area contributed by atoms with Crippen LogP contribution in [-0.2, 0) is 10.0 Å². The van der Waals surface area contributed by atoms with E-state index >= 15 is 0 Å². The van der Waals surface area contributed by atoms with Crippen molar-refractivity contribution in [3.63, 3.8) is 0 Å². The van der Waals surface area contributed by atoms with Gasteiger partial charge in [-0.25, -0.2) is 8.42 Å². The van der Waals surface area contributed by atoms with Gasteiger partial charge in [-0.3, -0.25) is 0 Å². The van der Waals surface area contributed by atoms with Crippen molar-refractivity contribution >= 4 is 16.1 Å². The molecule has 0 spiro atoms. The van der Waals surface area contributed by atoms with Gasteiger partial charge < -0.3 is 4.74 Å². The largest absolute Gasteiger partial charge is 0.573 e. The number of ether oxygens (including phenoxy) is 1. The molecule has 128 valence electrons. The third-order valence-electron chi connectivity index (χ3n) is 3.54. The van der Waals surface area contributed by atoms with E-state index < -0.39 is 27.4 Å². The van der Waals surface area contributed by atoms with Crippen LogP contribution in [-0.4, -0.2) is 29.2 Å². The van der Waals surface area contributed by atoms with Gasteiger partial charge in [-0.2, -0.15) is 9.19 Å². The minimum atomic E-state index is -4.86. The third kappa shape index (κ3) is 3.30. The Morgan fingerprint density at radius 1 is 1.33 bits per heavy atom. The van der Waals surface area contributed by atoms with Crippen LogP contribution in [0.15, 0.2) is 37.2 Å². The van der Waals surface area contributed by atoms with E-state index in [1.165, 1.54) is 30.6 Å². The molecule has 0 N–H and O–H groups in total. The zero-order valence-corrected chi connectivity index (χ0v) is 13.1. The van der Waals surface area contributed by atoms with Crippen LogP contribution in [0.5, 0.6) is 5.75 Å². The first-order chi connectivity index (χ1) is 11.2. The Kier molecular flexibility index (Phi) is 3.90. The smallest absolute Gasteiger partial charge is 0.405 e. The molecule has 1 aromatic heterocycles. The van der Waals surface area contributed by atoms with Crippen molar-refractivity contribution in [3.05, 3.63) is 42.7 Å². The summed E-state index contributed by atoms with van der Waals surface area (Å²) in [4.78, 5) is 0. The van der Waals surface area contributed by atoms with Crippen LogP contribution in [0.4, 0.5) is 13.2 Å². The van der Waals surface area contributed by atoms with Crippen molar-refractivity contribution in [2.45, 2.75) is 24.5 Å². The highest BCUT2D eigenvalue weighted by molar-refractivity contribution is 7.90. The lowest BCUT2D eigenvalue weighted by Crippen LogP contribution is -2.18.